The first-order valence-corrected chi connectivity index (χ1v) is 11.2. The van der Waals surface area contributed by atoms with Crippen molar-refractivity contribution >= 4 is 21.6 Å². The molecule has 3 aromatic rings. The zero-order chi connectivity index (χ0) is 21.5. The standard InChI is InChI=1S/C22H24N4O3S/c1-16-11-19-12-21(9-10-22(19)26(16)17(2)27)30(28,29)24(3)14-18-13-23-25(15-18)20-7-5-4-6-8-20/h4-10,12-13,15-16H,11,14H2,1-3H3. The van der Waals surface area contributed by atoms with Gasteiger partial charge < -0.3 is 4.90 Å². The molecule has 0 spiro atoms. The predicted octanol–water partition coefficient (Wildman–Crippen LogP) is 2.99. The van der Waals surface area contributed by atoms with E-state index in [1.807, 2.05) is 43.5 Å². The van der Waals surface area contributed by atoms with Crippen LogP contribution in [0.3, 0.4) is 0 Å². The molecular formula is C22H24N4O3S. The number of carbonyl (C=O) groups is 1. The quantitative estimate of drug-likeness (QED) is 0.631. The number of hydrogen-bond acceptors (Lipinski definition) is 4. The van der Waals surface area contributed by atoms with Crippen LogP contribution in [0, 0.1) is 0 Å². The molecule has 1 atom stereocenters. The summed E-state index contributed by atoms with van der Waals surface area (Å²) in [4.78, 5) is 13.9. The second-order valence-electron chi connectivity index (χ2n) is 7.62. The number of rotatable bonds is 5. The summed E-state index contributed by atoms with van der Waals surface area (Å²) in [5, 5.41) is 4.33. The first kappa shape index (κ1) is 20.3. The van der Waals surface area contributed by atoms with Gasteiger partial charge in [0.2, 0.25) is 15.9 Å². The van der Waals surface area contributed by atoms with Gasteiger partial charge in [0.25, 0.3) is 0 Å². The van der Waals surface area contributed by atoms with Crippen LogP contribution < -0.4 is 4.90 Å². The Hall–Kier alpha value is -2.97. The average Bonchev–Trinajstić information content (AvgIpc) is 3.31. The Kier molecular flexibility index (Phi) is 5.21. The van der Waals surface area contributed by atoms with Gasteiger partial charge in [0.05, 0.1) is 16.8 Å². The fourth-order valence-electron chi connectivity index (χ4n) is 3.93. The van der Waals surface area contributed by atoms with Crippen molar-refractivity contribution in [2.24, 2.45) is 0 Å². The molecule has 7 nitrogen and oxygen atoms in total. The lowest BCUT2D eigenvalue weighted by molar-refractivity contribution is -0.116. The Morgan fingerprint density at radius 1 is 1.20 bits per heavy atom. The lowest BCUT2D eigenvalue weighted by atomic mass is 10.1. The molecule has 4 rings (SSSR count). The molecule has 1 unspecified atom stereocenters. The van der Waals surface area contributed by atoms with E-state index in [1.165, 1.54) is 11.2 Å². The highest BCUT2D eigenvalue weighted by atomic mass is 32.2. The van der Waals surface area contributed by atoms with Crippen molar-refractivity contribution in [3.63, 3.8) is 0 Å². The third kappa shape index (κ3) is 3.64. The Morgan fingerprint density at radius 2 is 1.93 bits per heavy atom. The zero-order valence-electron chi connectivity index (χ0n) is 17.2. The number of sulfonamides is 1. The van der Waals surface area contributed by atoms with Crippen LogP contribution in [-0.4, -0.2) is 41.5 Å². The number of anilines is 1. The lowest BCUT2D eigenvalue weighted by Gasteiger charge is -2.21. The molecule has 30 heavy (non-hydrogen) atoms. The minimum absolute atomic E-state index is 0.0250. The molecular weight excluding hydrogens is 400 g/mol. The molecule has 0 saturated carbocycles. The maximum atomic E-state index is 13.1. The molecule has 156 valence electrons. The van der Waals surface area contributed by atoms with Crippen LogP contribution in [-0.2, 0) is 27.8 Å². The molecule has 0 radical (unpaired) electrons. The highest BCUT2D eigenvalue weighted by molar-refractivity contribution is 7.89. The first-order chi connectivity index (χ1) is 14.3. The van der Waals surface area contributed by atoms with Gasteiger partial charge in [0.15, 0.2) is 0 Å². The normalized spacial score (nSPS) is 16.1. The molecule has 8 heteroatoms. The molecule has 1 aliphatic rings. The van der Waals surface area contributed by atoms with Crippen molar-refractivity contribution in [3.05, 3.63) is 72.1 Å². The summed E-state index contributed by atoms with van der Waals surface area (Å²) >= 11 is 0. The van der Waals surface area contributed by atoms with Crippen LogP contribution in [0.5, 0.6) is 0 Å². The van der Waals surface area contributed by atoms with Crippen molar-refractivity contribution < 1.29 is 13.2 Å². The second kappa shape index (κ2) is 7.70. The Labute approximate surface area is 176 Å². The van der Waals surface area contributed by atoms with Gasteiger partial charge >= 0.3 is 0 Å². The lowest BCUT2D eigenvalue weighted by Crippen LogP contribution is -2.33. The summed E-state index contributed by atoms with van der Waals surface area (Å²) in [5.41, 5.74) is 3.38. The summed E-state index contributed by atoms with van der Waals surface area (Å²) in [7, 11) is -2.11. The Bertz CT molecular complexity index is 1190. The minimum atomic E-state index is -3.68. The van der Waals surface area contributed by atoms with Crippen LogP contribution in [0.1, 0.15) is 25.0 Å². The van der Waals surface area contributed by atoms with Crippen LogP contribution >= 0.6 is 0 Å². The van der Waals surface area contributed by atoms with Gasteiger partial charge in [-0.1, -0.05) is 18.2 Å². The third-order valence-electron chi connectivity index (χ3n) is 5.38. The van der Waals surface area contributed by atoms with Crippen LogP contribution in [0.15, 0.2) is 65.8 Å². The van der Waals surface area contributed by atoms with Crippen LogP contribution in [0.25, 0.3) is 5.69 Å². The third-order valence-corrected chi connectivity index (χ3v) is 7.18. The maximum Gasteiger partial charge on any atom is 0.243 e. The summed E-state index contributed by atoms with van der Waals surface area (Å²) in [6, 6.07) is 14.7. The number of carbonyl (C=O) groups excluding carboxylic acids is 1. The Balaban J connectivity index is 1.55. The molecule has 0 saturated heterocycles. The van der Waals surface area contributed by atoms with Crippen LogP contribution in [0.2, 0.25) is 0 Å². The van der Waals surface area contributed by atoms with Crippen molar-refractivity contribution in [1.29, 1.82) is 0 Å². The number of aromatic nitrogens is 2. The number of para-hydroxylation sites is 1. The largest absolute Gasteiger partial charge is 0.309 e. The fraction of sp³-hybridized carbons (Fsp3) is 0.273. The van der Waals surface area contributed by atoms with E-state index in [-0.39, 0.29) is 23.4 Å². The zero-order valence-corrected chi connectivity index (χ0v) is 18.0. The Morgan fingerprint density at radius 3 is 2.63 bits per heavy atom. The van der Waals surface area contributed by atoms with Crippen molar-refractivity contribution in [2.45, 2.75) is 37.8 Å². The van der Waals surface area contributed by atoms with Gasteiger partial charge in [0, 0.05) is 44.0 Å². The summed E-state index contributed by atoms with van der Waals surface area (Å²) < 4.78 is 29.3. The number of amides is 1. The molecule has 0 N–H and O–H groups in total. The highest BCUT2D eigenvalue weighted by Gasteiger charge is 2.31. The van der Waals surface area contributed by atoms with Gasteiger partial charge in [-0.2, -0.15) is 9.40 Å². The van der Waals surface area contributed by atoms with E-state index in [0.29, 0.717) is 6.42 Å². The number of hydrogen-bond donors (Lipinski definition) is 0. The predicted molar refractivity (Wildman–Crippen MR) is 115 cm³/mol. The van der Waals surface area contributed by atoms with Gasteiger partial charge in [-0.15, -0.1) is 0 Å². The van der Waals surface area contributed by atoms with E-state index >= 15 is 0 Å². The van der Waals surface area contributed by atoms with E-state index in [4.69, 9.17) is 0 Å². The second-order valence-corrected chi connectivity index (χ2v) is 9.67. The van der Waals surface area contributed by atoms with Gasteiger partial charge in [0.1, 0.15) is 0 Å². The molecule has 1 amide bonds. The number of nitrogens with zero attached hydrogens (tertiary/aromatic N) is 4. The average molecular weight is 425 g/mol. The fourth-order valence-corrected chi connectivity index (χ4v) is 5.14. The molecule has 0 aliphatic carbocycles. The molecule has 0 bridgehead atoms. The molecule has 2 heterocycles. The van der Waals surface area contributed by atoms with Gasteiger partial charge in [-0.3, -0.25) is 4.79 Å². The topological polar surface area (TPSA) is 75.5 Å². The number of benzene rings is 2. The van der Waals surface area contributed by atoms with Crippen molar-refractivity contribution in [2.75, 3.05) is 11.9 Å². The molecule has 1 aromatic heterocycles. The molecule has 2 aromatic carbocycles. The maximum absolute atomic E-state index is 13.1. The molecule has 0 fully saturated rings. The minimum Gasteiger partial charge on any atom is -0.309 e. The van der Waals surface area contributed by atoms with Crippen molar-refractivity contribution in [3.8, 4) is 5.69 Å². The van der Waals surface area contributed by atoms with Crippen LogP contribution in [0.4, 0.5) is 5.69 Å². The van der Waals surface area contributed by atoms with E-state index in [2.05, 4.69) is 5.10 Å². The number of fused-ring (bicyclic) bond motifs is 1. The monoisotopic (exact) mass is 424 g/mol. The van der Waals surface area contributed by atoms with Gasteiger partial charge in [-0.25, -0.2) is 13.1 Å². The molecule has 1 aliphatic heterocycles. The summed E-state index contributed by atoms with van der Waals surface area (Å²) in [5.74, 6) is -0.0376. The van der Waals surface area contributed by atoms with Gasteiger partial charge in [-0.05, 0) is 49.2 Å². The van der Waals surface area contributed by atoms with E-state index in [9.17, 15) is 13.2 Å². The SMILES string of the molecule is CC(=O)N1c2ccc(S(=O)(=O)N(C)Cc3cnn(-c4ccccc4)c3)cc2CC1C. The summed E-state index contributed by atoms with van der Waals surface area (Å²) in [6.07, 6.45) is 4.15. The van der Waals surface area contributed by atoms with E-state index in [1.54, 1.807) is 41.0 Å². The summed E-state index contributed by atoms with van der Waals surface area (Å²) in [6.45, 7) is 3.70. The highest BCUT2D eigenvalue weighted by Crippen LogP contribution is 2.34. The van der Waals surface area contributed by atoms with Crippen molar-refractivity contribution in [1.82, 2.24) is 14.1 Å². The first-order valence-electron chi connectivity index (χ1n) is 9.75. The van der Waals surface area contributed by atoms with E-state index < -0.39 is 10.0 Å². The van der Waals surface area contributed by atoms with E-state index in [0.717, 1.165) is 22.5 Å². The smallest absolute Gasteiger partial charge is 0.243 e.